The summed E-state index contributed by atoms with van der Waals surface area (Å²) in [6.07, 6.45) is -1.12. The minimum absolute atomic E-state index is 0.505. The summed E-state index contributed by atoms with van der Waals surface area (Å²) in [5, 5.41) is 31.8. The van der Waals surface area contributed by atoms with Crippen molar-refractivity contribution >= 4 is 17.9 Å². The van der Waals surface area contributed by atoms with E-state index in [0.29, 0.717) is 6.42 Å². The van der Waals surface area contributed by atoms with Gasteiger partial charge in [0.05, 0.1) is 18.1 Å². The van der Waals surface area contributed by atoms with Crippen molar-refractivity contribution in [2.75, 3.05) is 0 Å². The van der Waals surface area contributed by atoms with E-state index in [0.717, 1.165) is 25.8 Å². The molecule has 3 N–H and O–H groups in total. The van der Waals surface area contributed by atoms with Crippen LogP contribution in [0.4, 0.5) is 0 Å². The Kier molecular flexibility index (Phi) is 10.1. The topological polar surface area (TPSA) is 140 Å². The number of hydrogen-bond donors (Lipinski definition) is 3. The number of ether oxygens (including phenoxy) is 3. The Morgan fingerprint density at radius 1 is 1.26 bits per heavy atom. The van der Waals surface area contributed by atoms with Gasteiger partial charge in [0, 0.05) is 18.9 Å². The predicted octanol–water partition coefficient (Wildman–Crippen LogP) is 1.27. The minimum Gasteiger partial charge on any atom is -0.458 e. The first kappa shape index (κ1) is 27.1. The Labute approximate surface area is 183 Å². The first-order valence-electron chi connectivity index (χ1n) is 10.7. The van der Waals surface area contributed by atoms with Crippen molar-refractivity contribution in [1.29, 1.82) is 0 Å². The molecule has 178 valence electrons. The molecule has 1 rings (SSSR count). The van der Waals surface area contributed by atoms with E-state index >= 15 is 0 Å². The Morgan fingerprint density at radius 2 is 1.87 bits per heavy atom. The number of aliphatic hydroxyl groups excluding tert-OH is 2. The molecule has 31 heavy (non-hydrogen) atoms. The number of aliphatic hydroxyl groups is 3. The van der Waals surface area contributed by atoms with Crippen LogP contribution in [-0.4, -0.2) is 69.3 Å². The van der Waals surface area contributed by atoms with Crippen molar-refractivity contribution < 1.29 is 43.9 Å². The molecule has 1 saturated heterocycles. The molecular formula is C22H36O9. The van der Waals surface area contributed by atoms with Gasteiger partial charge in [0.15, 0.2) is 0 Å². The van der Waals surface area contributed by atoms with Crippen molar-refractivity contribution in [2.45, 2.75) is 96.9 Å². The number of carbonyl (C=O) groups excluding carboxylic acids is 3. The first-order chi connectivity index (χ1) is 14.3. The Bertz CT molecular complexity index is 657. The smallest absolute Gasteiger partial charge is 0.330 e. The number of rotatable bonds is 7. The normalized spacial score (nSPS) is 35.5. The molecule has 0 amide bonds. The van der Waals surface area contributed by atoms with Crippen LogP contribution in [0.1, 0.15) is 60.8 Å². The molecule has 9 heteroatoms. The van der Waals surface area contributed by atoms with E-state index in [9.17, 15) is 29.7 Å². The van der Waals surface area contributed by atoms with Crippen LogP contribution in [0.2, 0.25) is 0 Å². The summed E-state index contributed by atoms with van der Waals surface area (Å²) in [6.45, 7) is 8.82. The van der Waals surface area contributed by atoms with Crippen LogP contribution in [-0.2, 0) is 28.6 Å². The van der Waals surface area contributed by atoms with Crippen LogP contribution in [0.5, 0.6) is 0 Å². The lowest BCUT2D eigenvalue weighted by molar-refractivity contribution is -0.198. The molecule has 1 fully saturated rings. The average molecular weight is 445 g/mol. The van der Waals surface area contributed by atoms with Gasteiger partial charge in [-0.3, -0.25) is 9.59 Å². The number of unbranched alkanes of at least 4 members (excludes halogenated alkanes) is 1. The van der Waals surface area contributed by atoms with Gasteiger partial charge in [0.25, 0.3) is 0 Å². The van der Waals surface area contributed by atoms with E-state index in [1.54, 1.807) is 0 Å². The molecule has 8 atom stereocenters. The van der Waals surface area contributed by atoms with Crippen LogP contribution in [0.25, 0.3) is 0 Å². The van der Waals surface area contributed by atoms with Gasteiger partial charge >= 0.3 is 17.9 Å². The molecule has 0 spiro atoms. The van der Waals surface area contributed by atoms with Crippen molar-refractivity contribution in [3.05, 3.63) is 12.2 Å². The first-order valence-corrected chi connectivity index (χ1v) is 10.7. The monoisotopic (exact) mass is 444 g/mol. The van der Waals surface area contributed by atoms with Gasteiger partial charge in [-0.2, -0.15) is 0 Å². The van der Waals surface area contributed by atoms with Crippen molar-refractivity contribution in [2.24, 2.45) is 11.8 Å². The molecule has 1 aliphatic rings. The largest absolute Gasteiger partial charge is 0.458 e. The highest BCUT2D eigenvalue weighted by atomic mass is 16.6. The van der Waals surface area contributed by atoms with Gasteiger partial charge in [-0.1, -0.05) is 26.7 Å². The Hall–Kier alpha value is -1.97. The average Bonchev–Trinajstić information content (AvgIpc) is 2.71. The van der Waals surface area contributed by atoms with E-state index in [2.05, 4.69) is 0 Å². The highest BCUT2D eigenvalue weighted by Gasteiger charge is 2.52. The van der Waals surface area contributed by atoms with Gasteiger partial charge in [0.2, 0.25) is 0 Å². The summed E-state index contributed by atoms with van der Waals surface area (Å²) in [6, 6.07) is 0. The number of esters is 3. The molecule has 1 aliphatic heterocycles. The summed E-state index contributed by atoms with van der Waals surface area (Å²) in [5.41, 5.74) is -2.02. The van der Waals surface area contributed by atoms with Gasteiger partial charge in [-0.05, 0) is 33.3 Å². The molecule has 1 heterocycles. The third kappa shape index (κ3) is 7.29. The summed E-state index contributed by atoms with van der Waals surface area (Å²) in [4.78, 5) is 36.4. The molecule has 0 aromatic heterocycles. The highest BCUT2D eigenvalue weighted by molar-refractivity contribution is 5.82. The maximum atomic E-state index is 12.6. The van der Waals surface area contributed by atoms with Crippen LogP contribution < -0.4 is 0 Å². The van der Waals surface area contributed by atoms with E-state index in [1.807, 2.05) is 6.92 Å². The molecular weight excluding hydrogens is 408 g/mol. The molecule has 0 aromatic carbocycles. The number of hydrogen-bond acceptors (Lipinski definition) is 9. The lowest BCUT2D eigenvalue weighted by atomic mass is 9.78. The number of cyclic esters (lactones) is 1. The fourth-order valence-electron chi connectivity index (χ4n) is 3.77. The van der Waals surface area contributed by atoms with Gasteiger partial charge < -0.3 is 29.5 Å². The molecule has 0 radical (unpaired) electrons. The molecule has 0 aromatic rings. The second-order valence-corrected chi connectivity index (χ2v) is 8.46. The van der Waals surface area contributed by atoms with Crippen molar-refractivity contribution in [3.63, 3.8) is 0 Å². The quantitative estimate of drug-likeness (QED) is 0.301. The van der Waals surface area contributed by atoms with Crippen LogP contribution >= 0.6 is 0 Å². The summed E-state index contributed by atoms with van der Waals surface area (Å²) in [7, 11) is 0. The van der Waals surface area contributed by atoms with E-state index in [-0.39, 0.29) is 0 Å². The fourth-order valence-corrected chi connectivity index (χ4v) is 3.77. The zero-order valence-corrected chi connectivity index (χ0v) is 19.1. The maximum absolute atomic E-state index is 12.6. The third-order valence-corrected chi connectivity index (χ3v) is 5.63. The van der Waals surface area contributed by atoms with E-state index in [4.69, 9.17) is 14.2 Å². The van der Waals surface area contributed by atoms with Crippen LogP contribution in [0, 0.1) is 11.8 Å². The predicted molar refractivity (Wildman–Crippen MR) is 111 cm³/mol. The zero-order valence-electron chi connectivity index (χ0n) is 19.1. The van der Waals surface area contributed by atoms with Gasteiger partial charge in [0.1, 0.15) is 23.9 Å². The molecule has 9 nitrogen and oxygen atoms in total. The Balaban J connectivity index is 3.13. The zero-order chi connectivity index (χ0) is 23.9. The van der Waals surface area contributed by atoms with Crippen molar-refractivity contribution in [3.8, 4) is 0 Å². The summed E-state index contributed by atoms with van der Waals surface area (Å²) >= 11 is 0. The summed E-state index contributed by atoms with van der Waals surface area (Å²) < 4.78 is 16.0. The fraction of sp³-hybridized carbons (Fsp3) is 0.773. The molecule has 0 saturated carbocycles. The molecule has 8 unspecified atom stereocenters. The number of carbonyl (C=O) groups is 3. The van der Waals surface area contributed by atoms with Crippen LogP contribution in [0.3, 0.4) is 0 Å². The van der Waals surface area contributed by atoms with Gasteiger partial charge in [-0.15, -0.1) is 0 Å². The lowest BCUT2D eigenvalue weighted by Gasteiger charge is -2.40. The van der Waals surface area contributed by atoms with Crippen molar-refractivity contribution in [1.82, 2.24) is 0 Å². The second-order valence-electron chi connectivity index (χ2n) is 8.46. The minimum atomic E-state index is -2.02. The van der Waals surface area contributed by atoms with Crippen LogP contribution in [0.15, 0.2) is 12.2 Å². The SMILES string of the molecule is CCCCC(O)/C=C/C(=O)OC1C(C)OC(=O)C(C)C(OC(C)=O)C(C)(O)C(O)C1C. The van der Waals surface area contributed by atoms with Gasteiger partial charge in [-0.25, -0.2) is 4.79 Å². The van der Waals surface area contributed by atoms with E-state index in [1.165, 1.54) is 33.8 Å². The summed E-state index contributed by atoms with van der Waals surface area (Å²) in [5.74, 6) is -4.25. The third-order valence-electron chi connectivity index (χ3n) is 5.63. The highest BCUT2D eigenvalue weighted by Crippen LogP contribution is 2.34. The molecule has 0 aliphatic carbocycles. The maximum Gasteiger partial charge on any atom is 0.330 e. The standard InChI is InChI=1S/C22H36O9/c1-7-8-9-16(24)10-11-17(25)31-18-12(2)19(26)22(6,28)20(30-15(5)23)13(3)21(27)29-14(18)4/h10-14,16,18-20,24,26,28H,7-9H2,1-6H3/b11-10+. The Morgan fingerprint density at radius 3 is 2.42 bits per heavy atom. The second kappa shape index (κ2) is 11.6. The lowest BCUT2D eigenvalue weighted by Crippen LogP contribution is -2.58. The molecule has 0 bridgehead atoms. The van der Waals surface area contributed by atoms with E-state index < -0.39 is 65.9 Å².